The average molecular weight is 414 g/mol. The molecule has 0 saturated carbocycles. The zero-order valence-corrected chi connectivity index (χ0v) is 18.8. The molecule has 9 heteroatoms. The van der Waals surface area contributed by atoms with Crippen molar-refractivity contribution in [2.24, 2.45) is 10.7 Å². The molecule has 2 N–H and O–H groups in total. The quantitative estimate of drug-likeness (QED) is 0.223. The van der Waals surface area contributed by atoms with Gasteiger partial charge in [-0.15, -0.1) is 0 Å². The predicted octanol–water partition coefficient (Wildman–Crippen LogP) is 3.41. The molecule has 0 saturated heterocycles. The van der Waals surface area contributed by atoms with Crippen LogP contribution in [0.1, 0.15) is 61.3 Å². The molecule has 1 unspecified atom stereocenters. The molecule has 0 aromatic rings. The van der Waals surface area contributed by atoms with E-state index in [0.29, 0.717) is 23.7 Å². The number of hydrogen-bond donors (Lipinski definition) is 1. The van der Waals surface area contributed by atoms with Crippen molar-refractivity contribution in [3.05, 3.63) is 12.2 Å². The minimum absolute atomic E-state index is 0.132. The second-order valence-corrected chi connectivity index (χ2v) is 8.40. The van der Waals surface area contributed by atoms with Crippen LogP contribution in [0.3, 0.4) is 0 Å². The number of carbonyl (C=O) groups is 3. The van der Waals surface area contributed by atoms with Crippen LogP contribution < -0.4 is 5.73 Å². The van der Waals surface area contributed by atoms with Gasteiger partial charge in [0.25, 0.3) is 0 Å². The Morgan fingerprint density at radius 1 is 1.00 bits per heavy atom. The molecular weight excluding hydrogens is 378 g/mol. The summed E-state index contributed by atoms with van der Waals surface area (Å²) in [6.45, 7) is 12.0. The van der Waals surface area contributed by atoms with E-state index in [1.165, 1.54) is 7.11 Å². The number of imide groups is 1. The van der Waals surface area contributed by atoms with Gasteiger partial charge in [-0.1, -0.05) is 12.2 Å². The van der Waals surface area contributed by atoms with Crippen molar-refractivity contribution in [1.29, 1.82) is 0 Å². The zero-order valence-electron chi connectivity index (χ0n) is 18.8. The number of carbonyl (C=O) groups excluding carboxylic acids is 3. The topological polar surface area (TPSA) is 121 Å². The lowest BCUT2D eigenvalue weighted by Gasteiger charge is -2.32. The summed E-state index contributed by atoms with van der Waals surface area (Å²) in [5.41, 5.74) is 3.74. The van der Waals surface area contributed by atoms with Gasteiger partial charge >= 0.3 is 18.2 Å². The Morgan fingerprint density at radius 2 is 1.48 bits per heavy atom. The number of ether oxygens (including phenoxy) is 3. The molecule has 0 spiro atoms. The number of allylic oxidation sites excluding steroid dienone is 1. The fourth-order valence-electron chi connectivity index (χ4n) is 2.08. The monoisotopic (exact) mass is 413 g/mol. The molecule has 0 heterocycles. The molecule has 0 aromatic heterocycles. The fourth-order valence-corrected chi connectivity index (χ4v) is 2.08. The van der Waals surface area contributed by atoms with Crippen LogP contribution in [-0.2, 0) is 19.0 Å². The third-order valence-corrected chi connectivity index (χ3v) is 3.18. The number of esters is 1. The minimum Gasteiger partial charge on any atom is -0.467 e. The first-order chi connectivity index (χ1) is 13.2. The summed E-state index contributed by atoms with van der Waals surface area (Å²) < 4.78 is 15.4. The van der Waals surface area contributed by atoms with Gasteiger partial charge < -0.3 is 19.9 Å². The van der Waals surface area contributed by atoms with E-state index in [9.17, 15) is 14.4 Å². The summed E-state index contributed by atoms with van der Waals surface area (Å²) in [6.07, 6.45) is 2.12. The second-order valence-electron chi connectivity index (χ2n) is 8.40. The highest BCUT2D eigenvalue weighted by atomic mass is 16.6. The van der Waals surface area contributed by atoms with E-state index in [-0.39, 0.29) is 6.42 Å². The summed E-state index contributed by atoms with van der Waals surface area (Å²) in [5, 5.41) is 0. The molecule has 1 atom stereocenters. The normalized spacial score (nSPS) is 13.7. The highest BCUT2D eigenvalue weighted by Gasteiger charge is 2.40. The molecule has 0 aliphatic heterocycles. The van der Waals surface area contributed by atoms with E-state index in [2.05, 4.69) is 4.99 Å². The van der Waals surface area contributed by atoms with Crippen molar-refractivity contribution in [3.8, 4) is 0 Å². The Kier molecular flexibility index (Phi) is 10.4. The maximum atomic E-state index is 12.7. The molecule has 0 rings (SSSR count). The maximum Gasteiger partial charge on any atom is 0.420 e. The van der Waals surface area contributed by atoms with Gasteiger partial charge in [0.05, 0.1) is 19.5 Å². The SMILES string of the molecule is COC(=O)C(CC/C=C/CN=C(C)N)N(C(=O)OC(C)(C)C)C(=O)OC(C)(C)C. The van der Waals surface area contributed by atoms with Gasteiger partial charge in [-0.2, -0.15) is 4.90 Å². The Balaban J connectivity index is 5.60. The van der Waals surface area contributed by atoms with Gasteiger partial charge in [0.15, 0.2) is 0 Å². The predicted molar refractivity (Wildman–Crippen MR) is 111 cm³/mol. The van der Waals surface area contributed by atoms with Crippen molar-refractivity contribution in [2.45, 2.75) is 78.6 Å². The van der Waals surface area contributed by atoms with Crippen LogP contribution in [-0.4, -0.2) is 59.8 Å². The van der Waals surface area contributed by atoms with E-state index in [1.807, 2.05) is 0 Å². The smallest absolute Gasteiger partial charge is 0.420 e. The third kappa shape index (κ3) is 11.8. The fraction of sp³-hybridized carbons (Fsp3) is 0.700. The van der Waals surface area contributed by atoms with E-state index >= 15 is 0 Å². The number of rotatable bonds is 7. The maximum absolute atomic E-state index is 12.7. The van der Waals surface area contributed by atoms with Gasteiger partial charge in [-0.25, -0.2) is 14.4 Å². The molecule has 0 bridgehead atoms. The van der Waals surface area contributed by atoms with Gasteiger partial charge in [-0.3, -0.25) is 4.99 Å². The Hall–Kier alpha value is -2.58. The van der Waals surface area contributed by atoms with Gasteiger partial charge in [0.1, 0.15) is 17.2 Å². The summed E-state index contributed by atoms with van der Waals surface area (Å²) in [6, 6.07) is -1.20. The summed E-state index contributed by atoms with van der Waals surface area (Å²) >= 11 is 0. The first kappa shape index (κ1) is 26.4. The Bertz CT molecular complexity index is 597. The lowest BCUT2D eigenvalue weighted by Crippen LogP contribution is -2.52. The molecule has 29 heavy (non-hydrogen) atoms. The van der Waals surface area contributed by atoms with E-state index in [1.54, 1.807) is 60.6 Å². The standard InChI is InChI=1S/C20H35N3O6/c1-14(21)22-13-11-9-10-12-15(16(24)27-8)23(17(25)28-19(2,3)4)18(26)29-20(5,6)7/h9,11,15H,10,12-13H2,1-8H3,(H2,21,22)/b11-9+. The Labute approximate surface area is 173 Å². The molecule has 0 fully saturated rings. The van der Waals surface area contributed by atoms with Crippen LogP contribution in [0.5, 0.6) is 0 Å². The Morgan fingerprint density at radius 3 is 1.86 bits per heavy atom. The van der Waals surface area contributed by atoms with Crippen LogP contribution in [0.2, 0.25) is 0 Å². The molecule has 0 aliphatic carbocycles. The van der Waals surface area contributed by atoms with E-state index in [4.69, 9.17) is 19.9 Å². The van der Waals surface area contributed by atoms with Gasteiger partial charge in [0.2, 0.25) is 0 Å². The number of aliphatic imine (C=N–C) groups is 1. The van der Waals surface area contributed by atoms with Crippen molar-refractivity contribution in [3.63, 3.8) is 0 Å². The zero-order chi connectivity index (χ0) is 22.8. The molecular formula is C20H35N3O6. The summed E-state index contributed by atoms with van der Waals surface area (Å²) in [5.74, 6) is -0.283. The van der Waals surface area contributed by atoms with Crippen LogP contribution in [0, 0.1) is 0 Å². The molecule has 9 nitrogen and oxygen atoms in total. The van der Waals surface area contributed by atoms with E-state index < -0.39 is 35.4 Å². The second kappa shape index (κ2) is 11.4. The molecule has 166 valence electrons. The van der Waals surface area contributed by atoms with Crippen LogP contribution in [0.25, 0.3) is 0 Å². The van der Waals surface area contributed by atoms with Crippen LogP contribution >= 0.6 is 0 Å². The van der Waals surface area contributed by atoms with Crippen molar-refractivity contribution >= 4 is 24.0 Å². The molecule has 2 amide bonds. The lowest BCUT2D eigenvalue weighted by molar-refractivity contribution is -0.146. The first-order valence-electron chi connectivity index (χ1n) is 9.42. The number of amidine groups is 1. The molecule has 0 aliphatic rings. The number of nitrogens with two attached hydrogens (primary N) is 1. The highest BCUT2D eigenvalue weighted by Crippen LogP contribution is 2.20. The van der Waals surface area contributed by atoms with Crippen molar-refractivity contribution in [1.82, 2.24) is 4.90 Å². The third-order valence-electron chi connectivity index (χ3n) is 3.18. The number of amides is 2. The molecule has 0 radical (unpaired) electrons. The number of methoxy groups -OCH3 is 1. The molecule has 0 aromatic carbocycles. The van der Waals surface area contributed by atoms with Gasteiger partial charge in [-0.05, 0) is 61.3 Å². The largest absolute Gasteiger partial charge is 0.467 e. The van der Waals surface area contributed by atoms with E-state index in [0.717, 1.165) is 0 Å². The highest BCUT2D eigenvalue weighted by molar-refractivity contribution is 5.94. The van der Waals surface area contributed by atoms with Crippen molar-refractivity contribution in [2.75, 3.05) is 13.7 Å². The average Bonchev–Trinajstić information content (AvgIpc) is 2.52. The number of nitrogens with zero attached hydrogens (tertiary/aromatic N) is 2. The lowest BCUT2D eigenvalue weighted by atomic mass is 10.1. The van der Waals surface area contributed by atoms with Gasteiger partial charge in [0, 0.05) is 0 Å². The van der Waals surface area contributed by atoms with Crippen LogP contribution in [0.15, 0.2) is 17.1 Å². The first-order valence-corrected chi connectivity index (χ1v) is 9.42. The summed E-state index contributed by atoms with van der Waals surface area (Å²) in [4.78, 5) is 42.5. The summed E-state index contributed by atoms with van der Waals surface area (Å²) in [7, 11) is 1.19. The van der Waals surface area contributed by atoms with Crippen LogP contribution in [0.4, 0.5) is 9.59 Å². The number of hydrogen-bond acceptors (Lipinski definition) is 7. The minimum atomic E-state index is -1.20. The van der Waals surface area contributed by atoms with Crippen molar-refractivity contribution < 1.29 is 28.6 Å².